The molecule has 1 unspecified atom stereocenters. The van der Waals surface area contributed by atoms with Crippen LogP contribution in [0.2, 0.25) is 0 Å². The average Bonchev–Trinajstić information content (AvgIpc) is 3.54. The number of likely N-dealkylation sites (tertiary alicyclic amines) is 1. The third-order valence-electron chi connectivity index (χ3n) is 6.03. The Morgan fingerprint density at radius 3 is 2.69 bits per heavy atom. The molecule has 1 aromatic carbocycles. The predicted molar refractivity (Wildman–Crippen MR) is 129 cm³/mol. The van der Waals surface area contributed by atoms with Gasteiger partial charge in [-0.15, -0.1) is 0 Å². The van der Waals surface area contributed by atoms with Crippen LogP contribution in [-0.4, -0.2) is 55.3 Å². The van der Waals surface area contributed by atoms with E-state index >= 15 is 0 Å². The van der Waals surface area contributed by atoms with Crippen molar-refractivity contribution in [1.29, 1.82) is 0 Å². The van der Waals surface area contributed by atoms with E-state index < -0.39 is 24.0 Å². The van der Waals surface area contributed by atoms with Crippen molar-refractivity contribution in [2.45, 2.75) is 52.4 Å². The van der Waals surface area contributed by atoms with Crippen LogP contribution in [-0.2, 0) is 11.3 Å². The standard InChI is InChI=1S/C23H25F3N6O3S/c1-12-6-7-15(33)14(3)19(12)28-21(35)16-9-27-22(36-16)29-20-13(2)10-31(30-20)11-18(34)32-8-4-5-17(32)23(24,25)26/h6-7,9-10,17,33H,4-5,8,11H2,1-3H3,(H,28,35)(H,27,29,30). The second-order valence-electron chi connectivity index (χ2n) is 8.66. The number of thiazole rings is 1. The van der Waals surface area contributed by atoms with Gasteiger partial charge in [0.05, 0.1) is 11.9 Å². The zero-order chi connectivity index (χ0) is 26.2. The van der Waals surface area contributed by atoms with E-state index in [9.17, 15) is 27.9 Å². The second-order valence-corrected chi connectivity index (χ2v) is 9.69. The molecule has 2 aromatic heterocycles. The van der Waals surface area contributed by atoms with Crippen LogP contribution in [0, 0.1) is 20.8 Å². The Morgan fingerprint density at radius 1 is 1.22 bits per heavy atom. The number of anilines is 3. The number of hydrogen-bond acceptors (Lipinski definition) is 7. The highest BCUT2D eigenvalue weighted by molar-refractivity contribution is 7.17. The molecule has 36 heavy (non-hydrogen) atoms. The van der Waals surface area contributed by atoms with Gasteiger partial charge in [0.25, 0.3) is 5.91 Å². The maximum atomic E-state index is 13.2. The number of alkyl halides is 3. The Morgan fingerprint density at radius 2 is 1.97 bits per heavy atom. The van der Waals surface area contributed by atoms with E-state index in [2.05, 4.69) is 20.7 Å². The molecule has 3 aromatic rings. The number of amides is 2. The van der Waals surface area contributed by atoms with E-state index in [0.29, 0.717) is 39.1 Å². The molecule has 1 aliphatic rings. The number of carbonyl (C=O) groups is 2. The van der Waals surface area contributed by atoms with Crippen LogP contribution >= 0.6 is 11.3 Å². The van der Waals surface area contributed by atoms with Gasteiger partial charge in [-0.1, -0.05) is 17.4 Å². The number of aryl methyl sites for hydroxylation is 2. The lowest BCUT2D eigenvalue weighted by Crippen LogP contribution is -2.45. The van der Waals surface area contributed by atoms with Crippen molar-refractivity contribution in [3.8, 4) is 5.75 Å². The Bertz CT molecular complexity index is 1300. The van der Waals surface area contributed by atoms with Crippen molar-refractivity contribution in [3.05, 3.63) is 46.1 Å². The molecule has 192 valence electrons. The minimum atomic E-state index is -4.45. The molecule has 3 N–H and O–H groups in total. The molecule has 4 rings (SSSR count). The fraction of sp³-hybridized carbons (Fsp3) is 0.391. The molecule has 0 bridgehead atoms. The second kappa shape index (κ2) is 9.80. The third-order valence-corrected chi connectivity index (χ3v) is 6.94. The summed E-state index contributed by atoms with van der Waals surface area (Å²) in [5, 5.41) is 20.3. The molecule has 2 amide bonds. The largest absolute Gasteiger partial charge is 0.508 e. The van der Waals surface area contributed by atoms with Crippen molar-refractivity contribution >= 4 is 39.8 Å². The van der Waals surface area contributed by atoms with Crippen LogP contribution in [0.25, 0.3) is 0 Å². The number of nitrogens with one attached hydrogen (secondary N) is 2. The summed E-state index contributed by atoms with van der Waals surface area (Å²) >= 11 is 1.08. The highest BCUT2D eigenvalue weighted by Gasteiger charge is 2.47. The molecule has 0 radical (unpaired) electrons. The van der Waals surface area contributed by atoms with Crippen LogP contribution in [0.4, 0.5) is 29.8 Å². The van der Waals surface area contributed by atoms with Gasteiger partial charge in [-0.3, -0.25) is 14.3 Å². The highest BCUT2D eigenvalue weighted by atomic mass is 32.1. The molecule has 1 aliphatic heterocycles. The van der Waals surface area contributed by atoms with Gasteiger partial charge in [0, 0.05) is 23.9 Å². The zero-order valence-corrected chi connectivity index (χ0v) is 20.6. The van der Waals surface area contributed by atoms with E-state index in [4.69, 9.17) is 0 Å². The van der Waals surface area contributed by atoms with Crippen molar-refractivity contribution in [2.24, 2.45) is 0 Å². The fourth-order valence-electron chi connectivity index (χ4n) is 4.10. The number of aromatic hydroxyl groups is 1. The maximum absolute atomic E-state index is 13.2. The van der Waals surface area contributed by atoms with E-state index in [1.54, 1.807) is 32.2 Å². The lowest BCUT2D eigenvalue weighted by Gasteiger charge is -2.26. The van der Waals surface area contributed by atoms with Gasteiger partial charge in [-0.2, -0.15) is 18.3 Å². The predicted octanol–water partition coefficient (Wildman–Crippen LogP) is 4.52. The number of phenols is 1. The molecule has 13 heteroatoms. The molecule has 0 aliphatic carbocycles. The smallest absolute Gasteiger partial charge is 0.408 e. The van der Waals surface area contributed by atoms with Crippen molar-refractivity contribution < 1.29 is 27.9 Å². The van der Waals surface area contributed by atoms with E-state index in [-0.39, 0.29) is 25.3 Å². The molecule has 0 saturated carbocycles. The first kappa shape index (κ1) is 25.5. The summed E-state index contributed by atoms with van der Waals surface area (Å²) in [6, 6.07) is 1.50. The van der Waals surface area contributed by atoms with Gasteiger partial charge in [-0.25, -0.2) is 4.98 Å². The number of aromatic nitrogens is 3. The SMILES string of the molecule is Cc1cn(CC(=O)N2CCCC2C(F)(F)F)nc1Nc1ncc(C(=O)Nc2c(C)ccc(O)c2C)s1. The first-order chi connectivity index (χ1) is 16.9. The Balaban J connectivity index is 1.42. The molecule has 1 atom stereocenters. The normalized spacial score (nSPS) is 15.8. The quantitative estimate of drug-likeness (QED) is 0.439. The van der Waals surface area contributed by atoms with Crippen molar-refractivity contribution in [3.63, 3.8) is 0 Å². The molecule has 3 heterocycles. The van der Waals surface area contributed by atoms with Gasteiger partial charge < -0.3 is 20.6 Å². The van der Waals surface area contributed by atoms with Gasteiger partial charge >= 0.3 is 6.18 Å². The number of carbonyl (C=O) groups excluding carboxylic acids is 2. The van der Waals surface area contributed by atoms with Gasteiger partial charge in [0.2, 0.25) is 5.91 Å². The van der Waals surface area contributed by atoms with Crippen molar-refractivity contribution in [1.82, 2.24) is 19.7 Å². The van der Waals surface area contributed by atoms with E-state index in [0.717, 1.165) is 21.8 Å². The molecule has 9 nitrogen and oxygen atoms in total. The molecule has 1 saturated heterocycles. The summed E-state index contributed by atoms with van der Waals surface area (Å²) in [5.74, 6) is -0.590. The van der Waals surface area contributed by atoms with Gasteiger partial charge in [0.1, 0.15) is 23.2 Å². The number of benzene rings is 1. The molecule has 1 fully saturated rings. The van der Waals surface area contributed by atoms with E-state index in [1.807, 2.05) is 6.92 Å². The van der Waals surface area contributed by atoms with Crippen LogP contribution in [0.1, 0.15) is 39.2 Å². The van der Waals surface area contributed by atoms with Crippen LogP contribution in [0.15, 0.2) is 24.5 Å². The molecular weight excluding hydrogens is 497 g/mol. The number of halogens is 3. The number of phenolic OH excluding ortho intramolecular Hbond substituents is 1. The van der Waals surface area contributed by atoms with Gasteiger partial charge in [-0.05, 0) is 45.2 Å². The maximum Gasteiger partial charge on any atom is 0.408 e. The van der Waals surface area contributed by atoms with Crippen LogP contribution < -0.4 is 10.6 Å². The molecular formula is C23H25F3N6O3S. The first-order valence-electron chi connectivity index (χ1n) is 11.2. The van der Waals surface area contributed by atoms with Crippen LogP contribution in [0.3, 0.4) is 0 Å². The topological polar surface area (TPSA) is 112 Å². The number of hydrogen-bond donors (Lipinski definition) is 3. The zero-order valence-electron chi connectivity index (χ0n) is 19.8. The lowest BCUT2D eigenvalue weighted by atomic mass is 10.1. The highest BCUT2D eigenvalue weighted by Crippen LogP contribution is 2.33. The Labute approximate surface area is 208 Å². The summed E-state index contributed by atoms with van der Waals surface area (Å²) in [6.07, 6.45) is -1.27. The summed E-state index contributed by atoms with van der Waals surface area (Å²) in [4.78, 5) is 30.6. The fourth-order valence-corrected chi connectivity index (χ4v) is 4.81. The average molecular weight is 523 g/mol. The Hall–Kier alpha value is -3.61. The van der Waals surface area contributed by atoms with Gasteiger partial charge in [0.15, 0.2) is 10.9 Å². The summed E-state index contributed by atoms with van der Waals surface area (Å²) in [7, 11) is 0. The summed E-state index contributed by atoms with van der Waals surface area (Å²) in [6.45, 7) is 5.01. The minimum Gasteiger partial charge on any atom is -0.508 e. The number of rotatable bonds is 6. The van der Waals surface area contributed by atoms with E-state index in [1.165, 1.54) is 10.9 Å². The lowest BCUT2D eigenvalue weighted by molar-refractivity contribution is -0.183. The summed E-state index contributed by atoms with van der Waals surface area (Å²) < 4.78 is 40.9. The summed E-state index contributed by atoms with van der Waals surface area (Å²) in [5.41, 5.74) is 2.53. The van der Waals surface area contributed by atoms with Crippen molar-refractivity contribution in [2.75, 3.05) is 17.2 Å². The monoisotopic (exact) mass is 522 g/mol. The first-order valence-corrected chi connectivity index (χ1v) is 12.0. The molecule has 0 spiro atoms. The number of nitrogens with zero attached hydrogens (tertiary/aromatic N) is 4. The third kappa shape index (κ3) is 5.30. The Kier molecular flexibility index (Phi) is 6.94. The minimum absolute atomic E-state index is 0.0694. The van der Waals surface area contributed by atoms with Crippen LogP contribution in [0.5, 0.6) is 5.75 Å².